The topological polar surface area (TPSA) is 57.6 Å². The molecular formula is C15H21NO3. The van der Waals surface area contributed by atoms with Crippen molar-refractivity contribution in [3.8, 4) is 0 Å². The van der Waals surface area contributed by atoms with Gasteiger partial charge >= 0.3 is 5.97 Å². The molecule has 0 radical (unpaired) electrons. The van der Waals surface area contributed by atoms with E-state index in [2.05, 4.69) is 0 Å². The van der Waals surface area contributed by atoms with E-state index in [1.807, 2.05) is 45.0 Å². The third-order valence-electron chi connectivity index (χ3n) is 3.04. The number of benzene rings is 1. The first-order valence-electron chi connectivity index (χ1n) is 6.44. The summed E-state index contributed by atoms with van der Waals surface area (Å²) in [5.74, 6) is -1.71. The van der Waals surface area contributed by atoms with E-state index in [0.29, 0.717) is 0 Å². The second-order valence-electron chi connectivity index (χ2n) is 5.13. The fourth-order valence-corrected chi connectivity index (χ4v) is 1.84. The summed E-state index contributed by atoms with van der Waals surface area (Å²) < 4.78 is 0. The van der Waals surface area contributed by atoms with Crippen molar-refractivity contribution >= 4 is 17.6 Å². The monoisotopic (exact) mass is 263 g/mol. The molecule has 0 spiro atoms. The predicted molar refractivity (Wildman–Crippen MR) is 75.2 cm³/mol. The van der Waals surface area contributed by atoms with Crippen molar-refractivity contribution in [3.63, 3.8) is 0 Å². The van der Waals surface area contributed by atoms with Crippen molar-refractivity contribution in [2.24, 2.45) is 11.8 Å². The highest BCUT2D eigenvalue weighted by Crippen LogP contribution is 2.22. The van der Waals surface area contributed by atoms with Crippen LogP contribution >= 0.6 is 0 Å². The van der Waals surface area contributed by atoms with Crippen LogP contribution in [0.2, 0.25) is 0 Å². The molecule has 0 heterocycles. The molecule has 1 aromatic rings. The number of aliphatic carboxylic acids is 1. The lowest BCUT2D eigenvalue weighted by Gasteiger charge is -2.27. The third kappa shape index (κ3) is 3.81. The zero-order valence-electron chi connectivity index (χ0n) is 11.9. The van der Waals surface area contributed by atoms with Gasteiger partial charge in [0.2, 0.25) is 5.91 Å². The molecule has 0 saturated carbocycles. The van der Waals surface area contributed by atoms with Crippen LogP contribution in [-0.4, -0.2) is 23.5 Å². The molecule has 0 aromatic heterocycles. The molecule has 1 aromatic carbocycles. The molecule has 1 atom stereocenters. The molecule has 1 unspecified atom stereocenters. The number of aryl methyl sites for hydroxylation is 1. The largest absolute Gasteiger partial charge is 0.481 e. The second kappa shape index (κ2) is 6.36. The van der Waals surface area contributed by atoms with Gasteiger partial charge in [-0.15, -0.1) is 0 Å². The van der Waals surface area contributed by atoms with E-state index in [1.54, 1.807) is 11.8 Å². The molecule has 1 rings (SSSR count). The number of anilines is 1. The van der Waals surface area contributed by atoms with Gasteiger partial charge in [-0.05, 0) is 18.6 Å². The van der Waals surface area contributed by atoms with Crippen LogP contribution in [0.25, 0.3) is 0 Å². The first-order valence-corrected chi connectivity index (χ1v) is 6.44. The van der Waals surface area contributed by atoms with Crippen LogP contribution < -0.4 is 4.90 Å². The van der Waals surface area contributed by atoms with E-state index in [0.717, 1.165) is 11.3 Å². The standard InChI is InChI=1S/C15H21NO3/c1-10(2)14(17)16(9-12(4)15(18)19)13-8-6-5-7-11(13)3/h5-8,10,12H,9H2,1-4H3,(H,18,19). The zero-order valence-corrected chi connectivity index (χ0v) is 11.9. The van der Waals surface area contributed by atoms with Gasteiger partial charge in [-0.2, -0.15) is 0 Å². The smallest absolute Gasteiger partial charge is 0.308 e. The van der Waals surface area contributed by atoms with Gasteiger partial charge in [0, 0.05) is 18.2 Å². The highest BCUT2D eigenvalue weighted by molar-refractivity contribution is 5.95. The quantitative estimate of drug-likeness (QED) is 0.888. The number of rotatable bonds is 5. The lowest BCUT2D eigenvalue weighted by molar-refractivity contribution is -0.140. The average molecular weight is 263 g/mol. The Hall–Kier alpha value is -1.84. The Morgan fingerprint density at radius 1 is 1.21 bits per heavy atom. The van der Waals surface area contributed by atoms with Gasteiger partial charge in [-0.25, -0.2) is 0 Å². The number of nitrogens with zero attached hydrogens (tertiary/aromatic N) is 1. The number of carbonyl (C=O) groups excluding carboxylic acids is 1. The number of carbonyl (C=O) groups is 2. The number of carboxylic acids is 1. The first kappa shape index (κ1) is 15.2. The van der Waals surface area contributed by atoms with Gasteiger partial charge in [0.15, 0.2) is 0 Å². The Labute approximate surface area is 114 Å². The normalized spacial score (nSPS) is 12.3. The maximum atomic E-state index is 12.3. The van der Waals surface area contributed by atoms with Crippen molar-refractivity contribution in [1.29, 1.82) is 0 Å². The minimum atomic E-state index is -0.893. The molecule has 0 fully saturated rings. The van der Waals surface area contributed by atoms with Gasteiger partial charge in [-0.1, -0.05) is 39.0 Å². The number of hydrogen-bond acceptors (Lipinski definition) is 2. The Morgan fingerprint density at radius 3 is 2.26 bits per heavy atom. The Morgan fingerprint density at radius 2 is 1.79 bits per heavy atom. The summed E-state index contributed by atoms with van der Waals surface area (Å²) in [6.07, 6.45) is 0. The van der Waals surface area contributed by atoms with Crippen LogP contribution in [0.15, 0.2) is 24.3 Å². The van der Waals surface area contributed by atoms with Gasteiger partial charge < -0.3 is 10.0 Å². The van der Waals surface area contributed by atoms with Crippen molar-refractivity contribution in [2.45, 2.75) is 27.7 Å². The summed E-state index contributed by atoms with van der Waals surface area (Å²) >= 11 is 0. The highest BCUT2D eigenvalue weighted by Gasteiger charge is 2.24. The highest BCUT2D eigenvalue weighted by atomic mass is 16.4. The lowest BCUT2D eigenvalue weighted by Crippen LogP contribution is -2.39. The van der Waals surface area contributed by atoms with Crippen LogP contribution in [0.5, 0.6) is 0 Å². The van der Waals surface area contributed by atoms with Crippen LogP contribution in [0.4, 0.5) is 5.69 Å². The summed E-state index contributed by atoms with van der Waals surface area (Å²) in [5.41, 5.74) is 1.75. The van der Waals surface area contributed by atoms with E-state index in [4.69, 9.17) is 5.11 Å². The van der Waals surface area contributed by atoms with Crippen LogP contribution in [0, 0.1) is 18.8 Å². The van der Waals surface area contributed by atoms with E-state index < -0.39 is 11.9 Å². The van der Waals surface area contributed by atoms with Gasteiger partial charge in [0.1, 0.15) is 0 Å². The van der Waals surface area contributed by atoms with Gasteiger partial charge in [-0.3, -0.25) is 9.59 Å². The molecule has 0 aliphatic heterocycles. The molecule has 0 aliphatic carbocycles. The molecule has 104 valence electrons. The number of amides is 1. The molecular weight excluding hydrogens is 242 g/mol. The summed E-state index contributed by atoms with van der Waals surface area (Å²) in [4.78, 5) is 24.9. The first-order chi connectivity index (χ1) is 8.84. The van der Waals surface area contributed by atoms with Crippen molar-refractivity contribution in [1.82, 2.24) is 0 Å². The molecule has 0 saturated heterocycles. The summed E-state index contributed by atoms with van der Waals surface area (Å²) in [5, 5.41) is 9.03. The van der Waals surface area contributed by atoms with Gasteiger partial charge in [0.05, 0.1) is 5.92 Å². The van der Waals surface area contributed by atoms with E-state index in [-0.39, 0.29) is 18.4 Å². The zero-order chi connectivity index (χ0) is 14.6. The van der Waals surface area contributed by atoms with E-state index in [9.17, 15) is 9.59 Å². The minimum absolute atomic E-state index is 0.0533. The SMILES string of the molecule is Cc1ccccc1N(CC(C)C(=O)O)C(=O)C(C)C. The molecule has 19 heavy (non-hydrogen) atoms. The Kier molecular flexibility index (Phi) is 5.10. The van der Waals surface area contributed by atoms with Crippen LogP contribution in [0.3, 0.4) is 0 Å². The van der Waals surface area contributed by atoms with Crippen LogP contribution in [0.1, 0.15) is 26.3 Å². The summed E-state index contributed by atoms with van der Waals surface area (Å²) in [7, 11) is 0. The molecule has 1 N–H and O–H groups in total. The number of hydrogen-bond donors (Lipinski definition) is 1. The fourth-order valence-electron chi connectivity index (χ4n) is 1.84. The van der Waals surface area contributed by atoms with E-state index in [1.165, 1.54) is 0 Å². The lowest BCUT2D eigenvalue weighted by atomic mass is 10.1. The average Bonchev–Trinajstić information content (AvgIpc) is 2.35. The van der Waals surface area contributed by atoms with Crippen molar-refractivity contribution in [3.05, 3.63) is 29.8 Å². The summed E-state index contributed by atoms with van der Waals surface area (Å²) in [6, 6.07) is 7.53. The predicted octanol–water partition coefficient (Wildman–Crippen LogP) is 2.70. The maximum absolute atomic E-state index is 12.3. The Bertz CT molecular complexity index is 468. The minimum Gasteiger partial charge on any atom is -0.481 e. The molecule has 4 nitrogen and oxygen atoms in total. The molecule has 0 bridgehead atoms. The van der Waals surface area contributed by atoms with Crippen molar-refractivity contribution in [2.75, 3.05) is 11.4 Å². The molecule has 1 amide bonds. The van der Waals surface area contributed by atoms with Gasteiger partial charge in [0.25, 0.3) is 0 Å². The van der Waals surface area contributed by atoms with E-state index >= 15 is 0 Å². The van der Waals surface area contributed by atoms with Crippen molar-refractivity contribution < 1.29 is 14.7 Å². The Balaban J connectivity index is 3.09. The molecule has 4 heteroatoms. The fraction of sp³-hybridized carbons (Fsp3) is 0.467. The number of para-hydroxylation sites is 1. The number of carboxylic acid groups (broad SMARTS) is 1. The molecule has 0 aliphatic rings. The summed E-state index contributed by atoms with van der Waals surface area (Å²) in [6.45, 7) is 7.36. The second-order valence-corrected chi connectivity index (χ2v) is 5.13. The maximum Gasteiger partial charge on any atom is 0.308 e. The third-order valence-corrected chi connectivity index (χ3v) is 3.04. The van der Waals surface area contributed by atoms with Crippen LogP contribution in [-0.2, 0) is 9.59 Å².